The van der Waals surface area contributed by atoms with Crippen molar-refractivity contribution >= 4 is 17.6 Å². The third-order valence-electron chi connectivity index (χ3n) is 2.84. The third-order valence-corrected chi connectivity index (χ3v) is 2.84. The number of anilines is 2. The molecule has 0 unspecified atom stereocenters. The summed E-state index contributed by atoms with van der Waals surface area (Å²) < 4.78 is 24.8. The Morgan fingerprint density at radius 1 is 1.43 bits per heavy atom. The first-order valence-electron chi connectivity index (χ1n) is 6.84. The maximum absolute atomic E-state index is 14.4. The van der Waals surface area contributed by atoms with E-state index in [1.807, 2.05) is 4.90 Å². The molecule has 1 saturated heterocycles. The summed E-state index contributed by atoms with van der Waals surface area (Å²) in [6, 6.07) is 1.58. The van der Waals surface area contributed by atoms with Crippen LogP contribution in [0.3, 0.4) is 0 Å². The average molecular weight is 297 g/mol. The lowest BCUT2D eigenvalue weighted by Gasteiger charge is -2.29. The standard InChI is InChI=1S/C14H20FN3O3/c1-14(2,3)21-13(19)17-12-11(15)10(4-5-16-12)18-6-8-20-9-7-18/h4-5H,6-9H2,1-3H3,(H,16,17,19). The van der Waals surface area contributed by atoms with Gasteiger partial charge in [-0.2, -0.15) is 0 Å². The lowest BCUT2D eigenvalue weighted by atomic mass is 10.2. The molecule has 0 aliphatic carbocycles. The molecule has 0 spiro atoms. The van der Waals surface area contributed by atoms with Crippen LogP contribution in [0.25, 0.3) is 0 Å². The van der Waals surface area contributed by atoms with Crippen molar-refractivity contribution in [3.05, 3.63) is 18.1 Å². The Balaban J connectivity index is 2.12. The van der Waals surface area contributed by atoms with Gasteiger partial charge in [0.15, 0.2) is 11.6 Å². The van der Waals surface area contributed by atoms with Gasteiger partial charge in [-0.3, -0.25) is 5.32 Å². The quantitative estimate of drug-likeness (QED) is 0.908. The molecule has 2 heterocycles. The van der Waals surface area contributed by atoms with Crippen LogP contribution in [-0.2, 0) is 9.47 Å². The summed E-state index contributed by atoms with van der Waals surface area (Å²) in [4.78, 5) is 17.4. The van der Waals surface area contributed by atoms with Crippen LogP contribution in [0.4, 0.5) is 20.7 Å². The topological polar surface area (TPSA) is 63.7 Å². The number of ether oxygens (including phenoxy) is 2. The summed E-state index contributed by atoms with van der Waals surface area (Å²) in [5.74, 6) is -0.696. The van der Waals surface area contributed by atoms with Crippen molar-refractivity contribution in [2.75, 3.05) is 36.5 Å². The molecule has 0 bridgehead atoms. The van der Waals surface area contributed by atoms with Gasteiger partial charge in [0.1, 0.15) is 5.60 Å². The fourth-order valence-corrected chi connectivity index (χ4v) is 1.97. The summed E-state index contributed by atoms with van der Waals surface area (Å²) in [5, 5.41) is 2.34. The minimum Gasteiger partial charge on any atom is -0.444 e. The number of nitrogens with one attached hydrogen (secondary N) is 1. The van der Waals surface area contributed by atoms with Crippen molar-refractivity contribution < 1.29 is 18.7 Å². The summed E-state index contributed by atoms with van der Waals surface area (Å²) in [5.41, 5.74) is -0.248. The molecule has 1 aliphatic heterocycles. The molecule has 1 aliphatic rings. The second-order valence-electron chi connectivity index (χ2n) is 5.72. The van der Waals surface area contributed by atoms with Gasteiger partial charge in [0, 0.05) is 19.3 Å². The van der Waals surface area contributed by atoms with Gasteiger partial charge in [0.05, 0.1) is 18.9 Å². The van der Waals surface area contributed by atoms with E-state index in [1.54, 1.807) is 26.8 Å². The average Bonchev–Trinajstić information content (AvgIpc) is 2.40. The number of nitrogens with zero attached hydrogens (tertiary/aromatic N) is 2. The van der Waals surface area contributed by atoms with E-state index in [1.165, 1.54) is 6.20 Å². The molecule has 0 saturated carbocycles. The highest BCUT2D eigenvalue weighted by molar-refractivity contribution is 5.84. The first-order chi connectivity index (χ1) is 9.87. The molecule has 6 nitrogen and oxygen atoms in total. The minimum absolute atomic E-state index is 0.131. The monoisotopic (exact) mass is 297 g/mol. The van der Waals surface area contributed by atoms with Crippen molar-refractivity contribution in [2.45, 2.75) is 26.4 Å². The number of carbonyl (C=O) groups is 1. The van der Waals surface area contributed by atoms with Gasteiger partial charge in [-0.05, 0) is 26.8 Å². The highest BCUT2D eigenvalue weighted by atomic mass is 19.1. The Kier molecular flexibility index (Phi) is 4.62. The fraction of sp³-hybridized carbons (Fsp3) is 0.571. The Morgan fingerprint density at radius 3 is 2.71 bits per heavy atom. The van der Waals surface area contributed by atoms with E-state index >= 15 is 0 Å². The molecule has 0 aromatic carbocycles. The van der Waals surface area contributed by atoms with Gasteiger partial charge in [-0.1, -0.05) is 0 Å². The van der Waals surface area contributed by atoms with E-state index in [4.69, 9.17) is 9.47 Å². The second kappa shape index (κ2) is 6.26. The van der Waals surface area contributed by atoms with Crippen LogP contribution in [0.2, 0.25) is 0 Å². The lowest BCUT2D eigenvalue weighted by Crippen LogP contribution is -2.37. The molecule has 7 heteroatoms. The SMILES string of the molecule is CC(C)(C)OC(=O)Nc1nccc(N2CCOCC2)c1F. The van der Waals surface area contributed by atoms with E-state index in [2.05, 4.69) is 10.3 Å². The first-order valence-corrected chi connectivity index (χ1v) is 6.84. The zero-order chi connectivity index (χ0) is 15.5. The Labute approximate surface area is 123 Å². The van der Waals surface area contributed by atoms with E-state index in [-0.39, 0.29) is 5.82 Å². The van der Waals surface area contributed by atoms with Crippen molar-refractivity contribution in [3.8, 4) is 0 Å². The van der Waals surface area contributed by atoms with Gasteiger partial charge in [-0.15, -0.1) is 0 Å². The predicted octanol–water partition coefficient (Wildman–Crippen LogP) is 2.40. The Hall–Kier alpha value is -1.89. The molecule has 21 heavy (non-hydrogen) atoms. The van der Waals surface area contributed by atoms with Crippen LogP contribution in [0.15, 0.2) is 12.3 Å². The molecule has 1 aromatic heterocycles. The molecule has 1 amide bonds. The molecule has 2 rings (SSSR count). The molecular weight excluding hydrogens is 277 g/mol. The van der Waals surface area contributed by atoms with Crippen LogP contribution in [0.1, 0.15) is 20.8 Å². The van der Waals surface area contributed by atoms with Crippen LogP contribution in [0, 0.1) is 5.82 Å². The number of carbonyl (C=O) groups excluding carboxylic acids is 1. The van der Waals surface area contributed by atoms with Crippen LogP contribution < -0.4 is 10.2 Å². The summed E-state index contributed by atoms with van der Waals surface area (Å²) >= 11 is 0. The molecule has 1 N–H and O–H groups in total. The number of aromatic nitrogens is 1. The number of hydrogen-bond donors (Lipinski definition) is 1. The molecule has 0 radical (unpaired) electrons. The second-order valence-corrected chi connectivity index (χ2v) is 5.72. The minimum atomic E-state index is -0.729. The number of morpholine rings is 1. The number of amides is 1. The maximum Gasteiger partial charge on any atom is 0.413 e. The largest absolute Gasteiger partial charge is 0.444 e. The van der Waals surface area contributed by atoms with Crippen LogP contribution >= 0.6 is 0 Å². The van der Waals surface area contributed by atoms with Crippen LogP contribution in [-0.4, -0.2) is 43.0 Å². The number of rotatable bonds is 2. The summed E-state index contributed by atoms with van der Waals surface area (Å²) in [6.45, 7) is 7.52. The Morgan fingerprint density at radius 2 is 2.10 bits per heavy atom. The smallest absolute Gasteiger partial charge is 0.413 e. The molecule has 116 valence electrons. The molecule has 1 aromatic rings. The van der Waals surface area contributed by atoms with Crippen molar-refractivity contribution in [1.82, 2.24) is 4.98 Å². The van der Waals surface area contributed by atoms with Crippen molar-refractivity contribution in [2.24, 2.45) is 0 Å². The molecule has 0 atom stereocenters. The number of hydrogen-bond acceptors (Lipinski definition) is 5. The van der Waals surface area contributed by atoms with Crippen molar-refractivity contribution in [3.63, 3.8) is 0 Å². The van der Waals surface area contributed by atoms with E-state index < -0.39 is 17.5 Å². The van der Waals surface area contributed by atoms with Gasteiger partial charge >= 0.3 is 6.09 Å². The number of pyridine rings is 1. The number of halogens is 1. The van der Waals surface area contributed by atoms with Gasteiger partial charge < -0.3 is 14.4 Å². The summed E-state index contributed by atoms with van der Waals surface area (Å²) in [6.07, 6.45) is 0.730. The van der Waals surface area contributed by atoms with E-state index in [9.17, 15) is 9.18 Å². The maximum atomic E-state index is 14.4. The lowest BCUT2D eigenvalue weighted by molar-refractivity contribution is 0.0634. The highest BCUT2D eigenvalue weighted by Gasteiger charge is 2.21. The van der Waals surface area contributed by atoms with Gasteiger partial charge in [0.25, 0.3) is 0 Å². The van der Waals surface area contributed by atoms with E-state index in [0.717, 1.165) is 0 Å². The first kappa shape index (κ1) is 15.5. The Bertz CT molecular complexity index is 511. The van der Waals surface area contributed by atoms with Gasteiger partial charge in [0.2, 0.25) is 0 Å². The fourth-order valence-electron chi connectivity index (χ4n) is 1.97. The third kappa shape index (κ3) is 4.29. The zero-order valence-corrected chi connectivity index (χ0v) is 12.5. The predicted molar refractivity (Wildman–Crippen MR) is 77.1 cm³/mol. The van der Waals surface area contributed by atoms with Crippen LogP contribution in [0.5, 0.6) is 0 Å². The highest BCUT2D eigenvalue weighted by Crippen LogP contribution is 2.25. The summed E-state index contributed by atoms with van der Waals surface area (Å²) in [7, 11) is 0. The van der Waals surface area contributed by atoms with Gasteiger partial charge in [-0.25, -0.2) is 14.2 Å². The zero-order valence-electron chi connectivity index (χ0n) is 12.5. The normalized spacial score (nSPS) is 15.7. The molecule has 1 fully saturated rings. The molecular formula is C14H20FN3O3. The van der Waals surface area contributed by atoms with E-state index in [0.29, 0.717) is 32.0 Å². The van der Waals surface area contributed by atoms with Crippen molar-refractivity contribution in [1.29, 1.82) is 0 Å².